The Morgan fingerprint density at radius 3 is 2.57 bits per heavy atom. The third kappa shape index (κ3) is 5.85. The summed E-state index contributed by atoms with van der Waals surface area (Å²) >= 11 is 0. The molecule has 152 valence electrons. The second-order valence-corrected chi connectivity index (χ2v) is 6.65. The number of phenolic OH excluding ortho intramolecular Hbond substituents is 1. The second kappa shape index (κ2) is 9.94. The van der Waals surface area contributed by atoms with Gasteiger partial charge in [0.15, 0.2) is 11.5 Å². The molecule has 0 saturated carbocycles. The number of aromatic hydroxyl groups is 1. The standard InChI is InChI=1S/C19H22N2O5.C2H6/c1-19(26-18-8-7-15(21(23)24)13-17(18)22)9-10-20(14-19)11-12-25-16-5-3-2-4-6-16;1-2/h2-8,13,22H,9-12,14H2,1H3;1-2H3. The molecule has 3 rings (SSSR count). The van der Waals surface area contributed by atoms with Crippen LogP contribution in [0.3, 0.4) is 0 Å². The van der Waals surface area contributed by atoms with Crippen molar-refractivity contribution in [1.29, 1.82) is 0 Å². The van der Waals surface area contributed by atoms with E-state index in [9.17, 15) is 15.2 Å². The van der Waals surface area contributed by atoms with E-state index in [1.807, 2.05) is 51.1 Å². The van der Waals surface area contributed by atoms with Crippen molar-refractivity contribution in [2.24, 2.45) is 0 Å². The average Bonchev–Trinajstić information content (AvgIpc) is 3.06. The molecule has 0 radical (unpaired) electrons. The quantitative estimate of drug-likeness (QED) is 0.564. The largest absolute Gasteiger partial charge is 0.504 e. The number of benzene rings is 2. The molecule has 1 atom stereocenters. The highest BCUT2D eigenvalue weighted by Crippen LogP contribution is 2.35. The zero-order chi connectivity index (χ0) is 20.6. The van der Waals surface area contributed by atoms with Crippen LogP contribution in [0.5, 0.6) is 17.2 Å². The molecule has 28 heavy (non-hydrogen) atoms. The van der Waals surface area contributed by atoms with E-state index in [4.69, 9.17) is 9.47 Å². The lowest BCUT2D eigenvalue weighted by Gasteiger charge is -2.26. The SMILES string of the molecule is CC.CC1(Oc2ccc([N+](=O)[O-])cc2O)CCN(CCOc2ccccc2)C1. The van der Waals surface area contributed by atoms with Crippen molar-refractivity contribution in [2.75, 3.05) is 26.2 Å². The van der Waals surface area contributed by atoms with Crippen LogP contribution in [0.2, 0.25) is 0 Å². The Bertz CT molecular complexity index is 769. The maximum Gasteiger partial charge on any atom is 0.273 e. The molecule has 0 aromatic heterocycles. The van der Waals surface area contributed by atoms with Crippen molar-refractivity contribution in [3.63, 3.8) is 0 Å². The van der Waals surface area contributed by atoms with Crippen LogP contribution in [-0.2, 0) is 0 Å². The van der Waals surface area contributed by atoms with Gasteiger partial charge in [0.2, 0.25) is 0 Å². The fourth-order valence-corrected chi connectivity index (χ4v) is 3.08. The topological polar surface area (TPSA) is 85.1 Å². The van der Waals surface area contributed by atoms with Crippen LogP contribution >= 0.6 is 0 Å². The Morgan fingerprint density at radius 1 is 1.21 bits per heavy atom. The first-order valence-electron chi connectivity index (χ1n) is 9.52. The number of nitrogens with zero attached hydrogens (tertiary/aromatic N) is 2. The van der Waals surface area contributed by atoms with Crippen LogP contribution in [0.4, 0.5) is 5.69 Å². The highest BCUT2D eigenvalue weighted by molar-refractivity contribution is 5.47. The third-order valence-electron chi connectivity index (χ3n) is 4.44. The van der Waals surface area contributed by atoms with Crippen LogP contribution < -0.4 is 9.47 Å². The van der Waals surface area contributed by atoms with E-state index in [1.54, 1.807) is 0 Å². The number of nitro benzene ring substituents is 1. The first-order chi connectivity index (χ1) is 13.5. The summed E-state index contributed by atoms with van der Waals surface area (Å²) in [5.41, 5.74) is -0.619. The molecule has 1 aliphatic rings. The van der Waals surface area contributed by atoms with Crippen LogP contribution in [0.25, 0.3) is 0 Å². The summed E-state index contributed by atoms with van der Waals surface area (Å²) in [5, 5.41) is 20.7. The van der Waals surface area contributed by atoms with E-state index < -0.39 is 10.5 Å². The highest BCUT2D eigenvalue weighted by Gasteiger charge is 2.36. The smallest absolute Gasteiger partial charge is 0.273 e. The van der Waals surface area contributed by atoms with Crippen molar-refractivity contribution in [2.45, 2.75) is 32.8 Å². The van der Waals surface area contributed by atoms with E-state index in [0.29, 0.717) is 13.2 Å². The minimum Gasteiger partial charge on any atom is -0.504 e. The number of hydrogen-bond donors (Lipinski definition) is 1. The van der Waals surface area contributed by atoms with Gasteiger partial charge in [0.25, 0.3) is 5.69 Å². The van der Waals surface area contributed by atoms with Crippen molar-refractivity contribution < 1.29 is 19.5 Å². The molecule has 1 aliphatic heterocycles. The van der Waals surface area contributed by atoms with Gasteiger partial charge in [0.05, 0.1) is 11.0 Å². The Hall–Kier alpha value is -2.80. The molecule has 0 spiro atoms. The molecular weight excluding hydrogens is 360 g/mol. The van der Waals surface area contributed by atoms with E-state index >= 15 is 0 Å². The molecule has 1 saturated heterocycles. The zero-order valence-electron chi connectivity index (χ0n) is 16.6. The maximum absolute atomic E-state index is 10.8. The van der Waals surface area contributed by atoms with Gasteiger partial charge in [-0.05, 0) is 25.1 Å². The number of likely N-dealkylation sites (tertiary alicyclic amines) is 1. The Balaban J connectivity index is 0.00000136. The second-order valence-electron chi connectivity index (χ2n) is 6.65. The molecule has 7 heteroatoms. The fourth-order valence-electron chi connectivity index (χ4n) is 3.08. The Kier molecular flexibility index (Phi) is 7.63. The van der Waals surface area contributed by atoms with Crippen LogP contribution in [0.15, 0.2) is 48.5 Å². The predicted octanol–water partition coefficient (Wildman–Crippen LogP) is 4.25. The Labute approximate surface area is 165 Å². The molecule has 2 aromatic carbocycles. The lowest BCUT2D eigenvalue weighted by Crippen LogP contribution is -2.37. The molecular formula is C21H28N2O5. The van der Waals surface area contributed by atoms with E-state index in [2.05, 4.69) is 4.90 Å². The van der Waals surface area contributed by atoms with E-state index in [0.717, 1.165) is 31.3 Å². The predicted molar refractivity (Wildman–Crippen MR) is 108 cm³/mol. The summed E-state index contributed by atoms with van der Waals surface area (Å²) in [6, 6.07) is 13.6. The van der Waals surface area contributed by atoms with Crippen LogP contribution in [0.1, 0.15) is 27.2 Å². The number of rotatable bonds is 7. The van der Waals surface area contributed by atoms with Crippen molar-refractivity contribution in [1.82, 2.24) is 4.90 Å². The summed E-state index contributed by atoms with van der Waals surface area (Å²) in [5.74, 6) is 0.897. The normalized spacial score (nSPS) is 18.8. The molecule has 1 heterocycles. The molecule has 1 N–H and O–H groups in total. The lowest BCUT2D eigenvalue weighted by molar-refractivity contribution is -0.385. The van der Waals surface area contributed by atoms with Crippen LogP contribution in [-0.4, -0.2) is 46.8 Å². The summed E-state index contributed by atoms with van der Waals surface area (Å²) in [6.45, 7) is 8.90. The molecule has 1 unspecified atom stereocenters. The van der Waals surface area contributed by atoms with Crippen molar-refractivity contribution >= 4 is 5.69 Å². The lowest BCUT2D eigenvalue weighted by atomic mass is 10.1. The molecule has 0 aliphatic carbocycles. The Morgan fingerprint density at radius 2 is 1.93 bits per heavy atom. The molecule has 0 bridgehead atoms. The molecule has 0 amide bonds. The van der Waals surface area contributed by atoms with Gasteiger partial charge >= 0.3 is 0 Å². The first-order valence-corrected chi connectivity index (χ1v) is 9.52. The van der Waals surface area contributed by atoms with Gasteiger partial charge in [-0.3, -0.25) is 15.0 Å². The van der Waals surface area contributed by atoms with E-state index in [-0.39, 0.29) is 17.2 Å². The fraction of sp³-hybridized carbons (Fsp3) is 0.429. The number of non-ortho nitro benzene ring substituents is 1. The van der Waals surface area contributed by atoms with Gasteiger partial charge in [0.1, 0.15) is 18.0 Å². The van der Waals surface area contributed by atoms with Gasteiger partial charge in [-0.15, -0.1) is 0 Å². The third-order valence-corrected chi connectivity index (χ3v) is 4.44. The van der Waals surface area contributed by atoms with Gasteiger partial charge < -0.3 is 14.6 Å². The molecule has 2 aromatic rings. The molecule has 7 nitrogen and oxygen atoms in total. The van der Waals surface area contributed by atoms with Crippen molar-refractivity contribution in [3.8, 4) is 17.2 Å². The number of phenols is 1. The zero-order valence-corrected chi connectivity index (χ0v) is 16.6. The number of nitro groups is 1. The summed E-state index contributed by atoms with van der Waals surface area (Å²) in [4.78, 5) is 12.4. The van der Waals surface area contributed by atoms with E-state index in [1.165, 1.54) is 12.1 Å². The number of ether oxygens (including phenoxy) is 2. The first kappa shape index (κ1) is 21.5. The van der Waals surface area contributed by atoms with Gasteiger partial charge in [-0.25, -0.2) is 0 Å². The van der Waals surface area contributed by atoms with Gasteiger partial charge in [-0.1, -0.05) is 32.0 Å². The van der Waals surface area contributed by atoms with Crippen LogP contribution in [0, 0.1) is 10.1 Å². The maximum atomic E-state index is 10.8. The summed E-state index contributed by atoms with van der Waals surface area (Å²) < 4.78 is 11.7. The number of hydrogen-bond acceptors (Lipinski definition) is 6. The molecule has 1 fully saturated rings. The van der Waals surface area contributed by atoms with Gasteiger partial charge in [0, 0.05) is 32.1 Å². The number of para-hydroxylation sites is 1. The highest BCUT2D eigenvalue weighted by atomic mass is 16.6. The minimum absolute atomic E-state index is 0.161. The van der Waals surface area contributed by atoms with Crippen molar-refractivity contribution in [3.05, 3.63) is 58.6 Å². The minimum atomic E-state index is -0.546. The monoisotopic (exact) mass is 388 g/mol. The summed E-state index contributed by atoms with van der Waals surface area (Å²) in [6.07, 6.45) is 0.800. The van der Waals surface area contributed by atoms with Gasteiger partial charge in [-0.2, -0.15) is 0 Å². The average molecular weight is 388 g/mol. The summed E-state index contributed by atoms with van der Waals surface area (Å²) in [7, 11) is 0.